The molecule has 0 fully saturated rings. The summed E-state index contributed by atoms with van der Waals surface area (Å²) in [5.74, 6) is -2.07. The van der Waals surface area contributed by atoms with Crippen molar-refractivity contribution >= 4 is 17.7 Å². The summed E-state index contributed by atoms with van der Waals surface area (Å²) < 4.78 is 4.93. The van der Waals surface area contributed by atoms with Gasteiger partial charge in [0.15, 0.2) is 6.04 Å². The lowest BCUT2D eigenvalue weighted by Gasteiger charge is -2.11. The summed E-state index contributed by atoms with van der Waals surface area (Å²) in [5.41, 5.74) is 10.1. The Balaban J connectivity index is 2.80. The van der Waals surface area contributed by atoms with Crippen LogP contribution in [-0.4, -0.2) is 30.9 Å². The second kappa shape index (κ2) is 5.67. The van der Waals surface area contributed by atoms with Crippen molar-refractivity contribution in [3.05, 3.63) is 29.8 Å². The number of benzene rings is 1. The average molecular weight is 251 g/mol. The Morgan fingerprint density at radius 3 is 2.00 bits per heavy atom. The average Bonchev–Trinajstić information content (AvgIpc) is 2.35. The third-order valence-corrected chi connectivity index (χ3v) is 2.20. The number of ether oxygens (including phenoxy) is 1. The van der Waals surface area contributed by atoms with E-state index in [2.05, 4.69) is 5.32 Å². The maximum absolute atomic E-state index is 11.7. The van der Waals surface area contributed by atoms with Crippen molar-refractivity contribution < 1.29 is 19.1 Å². The molecule has 0 heterocycles. The molecule has 0 aliphatic carbocycles. The molecule has 5 N–H and O–H groups in total. The van der Waals surface area contributed by atoms with E-state index in [0.717, 1.165) is 0 Å². The van der Waals surface area contributed by atoms with Crippen LogP contribution in [0.1, 0.15) is 10.4 Å². The van der Waals surface area contributed by atoms with E-state index in [1.54, 1.807) is 12.1 Å². The summed E-state index contributed by atoms with van der Waals surface area (Å²) >= 11 is 0. The molecule has 0 saturated heterocycles. The normalized spacial score (nSPS) is 9.89. The van der Waals surface area contributed by atoms with Crippen LogP contribution in [0.5, 0.6) is 5.75 Å². The minimum Gasteiger partial charge on any atom is -0.497 e. The van der Waals surface area contributed by atoms with E-state index in [0.29, 0.717) is 5.75 Å². The van der Waals surface area contributed by atoms with E-state index in [1.807, 2.05) is 0 Å². The van der Waals surface area contributed by atoms with E-state index in [9.17, 15) is 14.4 Å². The third kappa shape index (κ3) is 3.21. The highest BCUT2D eigenvalue weighted by molar-refractivity contribution is 6.08. The predicted molar refractivity (Wildman–Crippen MR) is 62.6 cm³/mol. The van der Waals surface area contributed by atoms with E-state index >= 15 is 0 Å². The zero-order valence-corrected chi connectivity index (χ0v) is 9.67. The monoisotopic (exact) mass is 251 g/mol. The highest BCUT2D eigenvalue weighted by Gasteiger charge is 2.24. The molecule has 0 saturated carbocycles. The van der Waals surface area contributed by atoms with Gasteiger partial charge in [-0.1, -0.05) is 0 Å². The number of hydrogen-bond acceptors (Lipinski definition) is 4. The molecular formula is C11H13N3O4. The lowest BCUT2D eigenvalue weighted by Crippen LogP contribution is -2.52. The Labute approximate surface area is 103 Å². The van der Waals surface area contributed by atoms with Crippen LogP contribution in [0.15, 0.2) is 24.3 Å². The molecule has 18 heavy (non-hydrogen) atoms. The summed E-state index contributed by atoms with van der Waals surface area (Å²) in [4.78, 5) is 33.5. The van der Waals surface area contributed by atoms with Crippen LogP contribution in [0.2, 0.25) is 0 Å². The number of amides is 3. The minimum atomic E-state index is -1.53. The fraction of sp³-hybridized carbons (Fsp3) is 0.182. The molecule has 96 valence electrons. The highest BCUT2D eigenvalue weighted by atomic mass is 16.5. The van der Waals surface area contributed by atoms with Crippen molar-refractivity contribution in [1.29, 1.82) is 0 Å². The van der Waals surface area contributed by atoms with E-state index < -0.39 is 23.8 Å². The summed E-state index contributed by atoms with van der Waals surface area (Å²) in [7, 11) is 1.49. The minimum absolute atomic E-state index is 0.253. The third-order valence-electron chi connectivity index (χ3n) is 2.20. The van der Waals surface area contributed by atoms with Crippen molar-refractivity contribution in [3.63, 3.8) is 0 Å². The Morgan fingerprint density at radius 2 is 1.61 bits per heavy atom. The molecule has 0 aliphatic heterocycles. The zero-order valence-electron chi connectivity index (χ0n) is 9.67. The maximum Gasteiger partial charge on any atom is 0.252 e. The molecule has 0 radical (unpaired) electrons. The maximum atomic E-state index is 11.7. The molecule has 0 unspecified atom stereocenters. The van der Waals surface area contributed by atoms with Gasteiger partial charge in [0.1, 0.15) is 5.75 Å². The van der Waals surface area contributed by atoms with Crippen molar-refractivity contribution in [2.24, 2.45) is 11.5 Å². The Kier molecular flexibility index (Phi) is 4.25. The van der Waals surface area contributed by atoms with Gasteiger partial charge in [0.05, 0.1) is 7.11 Å². The molecule has 0 aliphatic rings. The van der Waals surface area contributed by atoms with E-state index in [1.165, 1.54) is 19.2 Å². The van der Waals surface area contributed by atoms with Crippen molar-refractivity contribution in [2.45, 2.75) is 6.04 Å². The molecule has 7 heteroatoms. The van der Waals surface area contributed by atoms with E-state index in [-0.39, 0.29) is 5.56 Å². The number of hydrogen-bond donors (Lipinski definition) is 3. The van der Waals surface area contributed by atoms with Gasteiger partial charge in [0.2, 0.25) is 11.8 Å². The molecule has 3 amide bonds. The number of carbonyl (C=O) groups is 3. The molecule has 0 aromatic heterocycles. The molecular weight excluding hydrogens is 238 g/mol. The van der Waals surface area contributed by atoms with Gasteiger partial charge in [-0.2, -0.15) is 0 Å². The zero-order chi connectivity index (χ0) is 13.7. The summed E-state index contributed by atoms with van der Waals surface area (Å²) in [5, 5.41) is 2.14. The Morgan fingerprint density at radius 1 is 1.11 bits per heavy atom. The topological polar surface area (TPSA) is 125 Å². The van der Waals surface area contributed by atoms with Gasteiger partial charge in [-0.05, 0) is 24.3 Å². The first kappa shape index (κ1) is 13.5. The number of nitrogens with two attached hydrogens (primary N) is 2. The first-order chi connectivity index (χ1) is 8.45. The fourth-order valence-electron chi connectivity index (χ4n) is 1.24. The number of rotatable bonds is 5. The largest absolute Gasteiger partial charge is 0.497 e. The molecule has 1 rings (SSSR count). The lowest BCUT2D eigenvalue weighted by molar-refractivity contribution is -0.128. The molecule has 0 spiro atoms. The smallest absolute Gasteiger partial charge is 0.252 e. The lowest BCUT2D eigenvalue weighted by atomic mass is 10.2. The van der Waals surface area contributed by atoms with Crippen molar-refractivity contribution in [2.75, 3.05) is 7.11 Å². The van der Waals surface area contributed by atoms with Crippen LogP contribution in [0.25, 0.3) is 0 Å². The SMILES string of the molecule is COc1ccc(C(=O)NC(C(N)=O)C(N)=O)cc1. The van der Waals surface area contributed by atoms with Crippen LogP contribution in [-0.2, 0) is 9.59 Å². The molecule has 0 bridgehead atoms. The first-order valence-corrected chi connectivity index (χ1v) is 4.99. The van der Waals surface area contributed by atoms with Crippen LogP contribution in [0.3, 0.4) is 0 Å². The van der Waals surface area contributed by atoms with E-state index in [4.69, 9.17) is 16.2 Å². The summed E-state index contributed by atoms with van der Waals surface area (Å²) in [6.07, 6.45) is 0. The van der Waals surface area contributed by atoms with Gasteiger partial charge in [0, 0.05) is 5.56 Å². The predicted octanol–water partition coefficient (Wildman–Crippen LogP) is -1.24. The van der Waals surface area contributed by atoms with Crippen LogP contribution in [0, 0.1) is 0 Å². The molecule has 1 aromatic carbocycles. The number of nitrogens with one attached hydrogen (secondary N) is 1. The van der Waals surface area contributed by atoms with Crippen molar-refractivity contribution in [1.82, 2.24) is 5.32 Å². The summed E-state index contributed by atoms with van der Waals surface area (Å²) in [6.45, 7) is 0. The fourth-order valence-corrected chi connectivity index (χ4v) is 1.24. The van der Waals surface area contributed by atoms with Gasteiger partial charge in [-0.25, -0.2) is 0 Å². The Bertz CT molecular complexity index is 456. The molecule has 1 aromatic rings. The number of primary amides is 2. The second-order valence-electron chi connectivity index (χ2n) is 3.44. The van der Waals surface area contributed by atoms with Crippen LogP contribution < -0.4 is 21.5 Å². The Hall–Kier alpha value is -2.57. The van der Waals surface area contributed by atoms with Gasteiger partial charge >= 0.3 is 0 Å². The standard InChI is InChI=1S/C11H13N3O4/c1-18-7-4-2-6(3-5-7)11(17)14-8(9(12)15)10(13)16/h2-5,8H,1H3,(H2,12,15)(H2,13,16)(H,14,17). The van der Waals surface area contributed by atoms with Gasteiger partial charge in [-0.3, -0.25) is 14.4 Å². The van der Waals surface area contributed by atoms with Crippen LogP contribution >= 0.6 is 0 Å². The van der Waals surface area contributed by atoms with Gasteiger partial charge in [0.25, 0.3) is 5.91 Å². The van der Waals surface area contributed by atoms with Gasteiger partial charge < -0.3 is 21.5 Å². The van der Waals surface area contributed by atoms with Crippen LogP contribution in [0.4, 0.5) is 0 Å². The molecule has 0 atom stereocenters. The highest BCUT2D eigenvalue weighted by Crippen LogP contribution is 2.11. The quantitative estimate of drug-likeness (QED) is 0.566. The second-order valence-corrected chi connectivity index (χ2v) is 3.44. The number of methoxy groups -OCH3 is 1. The van der Waals surface area contributed by atoms with Crippen molar-refractivity contribution in [3.8, 4) is 5.75 Å². The molecule has 7 nitrogen and oxygen atoms in total. The number of carbonyl (C=O) groups excluding carboxylic acids is 3. The van der Waals surface area contributed by atoms with Gasteiger partial charge in [-0.15, -0.1) is 0 Å². The first-order valence-electron chi connectivity index (χ1n) is 4.99. The summed E-state index contributed by atoms with van der Waals surface area (Å²) in [6, 6.07) is 4.57.